The van der Waals surface area contributed by atoms with Crippen molar-refractivity contribution in [2.75, 3.05) is 4.90 Å². The third-order valence-corrected chi connectivity index (χ3v) is 13.5. The minimum absolute atomic E-state index is 1.11. The van der Waals surface area contributed by atoms with Gasteiger partial charge < -0.3 is 9.47 Å². The Balaban J connectivity index is 1.08. The average Bonchev–Trinajstić information content (AvgIpc) is 3.73. The van der Waals surface area contributed by atoms with Gasteiger partial charge in [0.25, 0.3) is 0 Å². The molecule has 0 bridgehead atoms. The Morgan fingerprint density at radius 3 is 1.26 bits per heavy atom. The highest BCUT2D eigenvalue weighted by molar-refractivity contribution is 6.28. The van der Waals surface area contributed by atoms with Crippen LogP contribution in [0.4, 0.5) is 17.1 Å². The highest BCUT2D eigenvalue weighted by atomic mass is 15.1. The molecule has 2 nitrogen and oxygen atoms in total. The zero-order valence-electron chi connectivity index (χ0n) is 36.1. The maximum atomic E-state index is 2.52. The van der Waals surface area contributed by atoms with Crippen molar-refractivity contribution in [2.45, 2.75) is 0 Å². The number of nitrogens with zero attached hydrogens (tertiary/aromatic N) is 2. The van der Waals surface area contributed by atoms with Gasteiger partial charge in [-0.3, -0.25) is 0 Å². The van der Waals surface area contributed by atoms with E-state index in [0.717, 1.165) is 39.3 Å². The molecule has 0 amide bonds. The van der Waals surface area contributed by atoms with E-state index in [9.17, 15) is 0 Å². The van der Waals surface area contributed by atoms with E-state index in [1.165, 1.54) is 82.1 Å². The molecule has 12 aromatic carbocycles. The number of para-hydroxylation sites is 4. The average molecular weight is 839 g/mol. The van der Waals surface area contributed by atoms with Crippen molar-refractivity contribution in [1.29, 1.82) is 0 Å². The van der Waals surface area contributed by atoms with Gasteiger partial charge in [0.2, 0.25) is 0 Å². The van der Waals surface area contributed by atoms with Gasteiger partial charge in [0, 0.05) is 32.7 Å². The molecule has 13 rings (SSSR count). The van der Waals surface area contributed by atoms with Crippen LogP contribution in [-0.2, 0) is 0 Å². The first kappa shape index (κ1) is 37.8. The Kier molecular flexibility index (Phi) is 8.89. The number of hydrogen-bond donors (Lipinski definition) is 0. The molecule has 0 saturated heterocycles. The molecule has 0 fully saturated rings. The normalized spacial score (nSPS) is 11.6. The van der Waals surface area contributed by atoms with E-state index >= 15 is 0 Å². The van der Waals surface area contributed by atoms with Crippen molar-refractivity contribution in [3.63, 3.8) is 0 Å². The quantitative estimate of drug-likeness (QED) is 0.138. The smallest absolute Gasteiger partial charge is 0.0541 e. The zero-order valence-corrected chi connectivity index (χ0v) is 36.1. The van der Waals surface area contributed by atoms with Crippen molar-refractivity contribution >= 4 is 71.2 Å². The Morgan fingerprint density at radius 1 is 0.258 bits per heavy atom. The minimum Gasteiger partial charge on any atom is -0.309 e. The highest BCUT2D eigenvalue weighted by Crippen LogP contribution is 2.50. The second-order valence-electron chi connectivity index (χ2n) is 17.2. The molecule has 0 aliphatic carbocycles. The van der Waals surface area contributed by atoms with E-state index in [2.05, 4.69) is 264 Å². The minimum atomic E-state index is 1.11. The van der Waals surface area contributed by atoms with Crippen LogP contribution in [-0.4, -0.2) is 4.57 Å². The van der Waals surface area contributed by atoms with Crippen molar-refractivity contribution in [3.05, 3.63) is 255 Å². The molecule has 0 unspecified atom stereocenters. The summed E-state index contributed by atoms with van der Waals surface area (Å²) in [5.74, 6) is 0. The number of aromatic nitrogens is 1. The van der Waals surface area contributed by atoms with Crippen LogP contribution in [0.3, 0.4) is 0 Å². The lowest BCUT2D eigenvalue weighted by Crippen LogP contribution is -2.13. The van der Waals surface area contributed by atoms with E-state index in [1.54, 1.807) is 0 Å². The summed E-state index contributed by atoms with van der Waals surface area (Å²) in [4.78, 5) is 2.52. The number of anilines is 3. The fourth-order valence-electron chi connectivity index (χ4n) is 10.6. The molecule has 66 heavy (non-hydrogen) atoms. The first-order chi connectivity index (χ1) is 32.8. The van der Waals surface area contributed by atoms with Crippen LogP contribution in [0.25, 0.3) is 104 Å². The lowest BCUT2D eigenvalue weighted by molar-refractivity contribution is 1.20. The van der Waals surface area contributed by atoms with Gasteiger partial charge in [-0.1, -0.05) is 206 Å². The predicted molar refractivity (Wildman–Crippen MR) is 281 cm³/mol. The van der Waals surface area contributed by atoms with Gasteiger partial charge in [-0.15, -0.1) is 0 Å². The third-order valence-electron chi connectivity index (χ3n) is 13.5. The van der Waals surface area contributed by atoms with Gasteiger partial charge in [-0.2, -0.15) is 0 Å². The Hall–Kier alpha value is -8.72. The number of fused-ring (bicyclic) bond motifs is 3. The Morgan fingerprint density at radius 2 is 0.682 bits per heavy atom. The topological polar surface area (TPSA) is 8.17 Å². The maximum absolute atomic E-state index is 2.52. The third kappa shape index (κ3) is 6.11. The molecule has 0 atom stereocenters. The van der Waals surface area contributed by atoms with Gasteiger partial charge in [0.15, 0.2) is 0 Å². The first-order valence-corrected chi connectivity index (χ1v) is 22.8. The zero-order chi connectivity index (χ0) is 43.6. The summed E-state index contributed by atoms with van der Waals surface area (Å²) in [6, 6.07) is 93.4. The molecule has 0 aliphatic rings. The van der Waals surface area contributed by atoms with Crippen LogP contribution >= 0.6 is 0 Å². The van der Waals surface area contributed by atoms with Gasteiger partial charge >= 0.3 is 0 Å². The summed E-state index contributed by atoms with van der Waals surface area (Å²) in [5.41, 5.74) is 16.3. The first-order valence-electron chi connectivity index (χ1n) is 22.8. The highest BCUT2D eigenvalue weighted by Gasteiger charge is 2.25. The lowest BCUT2D eigenvalue weighted by atomic mass is 9.91. The summed E-state index contributed by atoms with van der Waals surface area (Å²) < 4.78 is 2.46. The van der Waals surface area contributed by atoms with E-state index < -0.39 is 0 Å². The van der Waals surface area contributed by atoms with Crippen LogP contribution < -0.4 is 4.90 Å². The SMILES string of the molecule is c1ccc(-c2cccc(-c3ccccc3N(c3ccccc3-c3cccc(-c4ccccc4)c3)c3ccc4ccc5c(-n6c7ccccc7c7ccccc76)ccc6ccc3c4c65)c2)cc1. The van der Waals surface area contributed by atoms with Crippen LogP contribution in [0.1, 0.15) is 0 Å². The van der Waals surface area contributed by atoms with E-state index in [1.807, 2.05) is 0 Å². The predicted octanol–water partition coefficient (Wildman–Crippen LogP) is 17.8. The molecule has 0 N–H and O–H groups in total. The van der Waals surface area contributed by atoms with Gasteiger partial charge in [-0.25, -0.2) is 0 Å². The lowest BCUT2D eigenvalue weighted by Gasteiger charge is -2.31. The molecule has 13 aromatic rings. The monoisotopic (exact) mass is 838 g/mol. The molecular weight excluding hydrogens is 797 g/mol. The molecule has 1 heterocycles. The molecule has 0 aliphatic heterocycles. The summed E-state index contributed by atoms with van der Waals surface area (Å²) in [7, 11) is 0. The molecular formula is C64H42N2. The number of hydrogen-bond acceptors (Lipinski definition) is 1. The summed E-state index contributed by atoms with van der Waals surface area (Å²) in [6.45, 7) is 0. The van der Waals surface area contributed by atoms with Crippen molar-refractivity contribution < 1.29 is 0 Å². The molecule has 2 heteroatoms. The van der Waals surface area contributed by atoms with Gasteiger partial charge in [0.05, 0.1) is 33.8 Å². The molecule has 308 valence electrons. The van der Waals surface area contributed by atoms with Crippen molar-refractivity contribution in [3.8, 4) is 50.2 Å². The fraction of sp³-hybridized carbons (Fsp3) is 0. The van der Waals surface area contributed by atoms with Crippen LogP contribution in [0, 0.1) is 0 Å². The number of benzene rings is 12. The largest absolute Gasteiger partial charge is 0.309 e. The standard InChI is InChI=1S/C64H42N2/c1-3-17-43(18-4-1)47-21-15-23-49(41-47)51-25-7-11-29-57(51)65(58-30-12-8-26-52(58)50-24-16-22-48(42-50)44-19-5-2-6-20-44)61-39-35-45-34-38-56-62(40-36-46-33-37-55(61)63(45)64(46)56)66-59-31-13-9-27-53(59)54-28-10-14-32-60(54)66/h1-42H. The van der Waals surface area contributed by atoms with E-state index in [-0.39, 0.29) is 0 Å². The maximum Gasteiger partial charge on any atom is 0.0541 e. The summed E-state index contributed by atoms with van der Waals surface area (Å²) in [5, 5.41) is 9.95. The van der Waals surface area contributed by atoms with E-state index in [4.69, 9.17) is 0 Å². The Labute approximate surface area is 383 Å². The second kappa shape index (κ2) is 15.5. The van der Waals surface area contributed by atoms with Gasteiger partial charge in [-0.05, 0) is 103 Å². The van der Waals surface area contributed by atoms with Crippen LogP contribution in [0.5, 0.6) is 0 Å². The number of rotatable bonds is 8. The van der Waals surface area contributed by atoms with Crippen molar-refractivity contribution in [2.24, 2.45) is 0 Å². The molecule has 0 spiro atoms. The van der Waals surface area contributed by atoms with Gasteiger partial charge in [0.1, 0.15) is 0 Å². The molecule has 1 aromatic heterocycles. The summed E-state index contributed by atoms with van der Waals surface area (Å²) in [6.07, 6.45) is 0. The fourth-order valence-corrected chi connectivity index (χ4v) is 10.6. The Bertz CT molecular complexity index is 3760. The van der Waals surface area contributed by atoms with Crippen LogP contribution in [0.15, 0.2) is 255 Å². The molecule has 0 saturated carbocycles. The second-order valence-corrected chi connectivity index (χ2v) is 17.2. The van der Waals surface area contributed by atoms with Crippen molar-refractivity contribution in [1.82, 2.24) is 4.57 Å². The van der Waals surface area contributed by atoms with Crippen LogP contribution in [0.2, 0.25) is 0 Å². The molecule has 0 radical (unpaired) electrons. The van der Waals surface area contributed by atoms with E-state index in [0.29, 0.717) is 0 Å². The summed E-state index contributed by atoms with van der Waals surface area (Å²) >= 11 is 0.